The summed E-state index contributed by atoms with van der Waals surface area (Å²) in [6.45, 7) is 3.67. The molecule has 2 aromatic carbocycles. The lowest BCUT2D eigenvalue weighted by atomic mass is 10.2. The van der Waals surface area contributed by atoms with Crippen molar-refractivity contribution < 1.29 is 23.8 Å². The molecule has 2 aromatic rings. The van der Waals surface area contributed by atoms with Crippen molar-refractivity contribution in [2.45, 2.75) is 20.0 Å². The molecule has 0 spiro atoms. The molecule has 0 aliphatic rings. The summed E-state index contributed by atoms with van der Waals surface area (Å²) in [5.74, 6) is 0.414. The molecule has 0 heterocycles. The zero-order chi connectivity index (χ0) is 18.2. The Morgan fingerprint density at radius 3 is 2.52 bits per heavy atom. The lowest BCUT2D eigenvalue weighted by molar-refractivity contribution is -0.122. The Morgan fingerprint density at radius 2 is 1.80 bits per heavy atom. The second kappa shape index (κ2) is 8.73. The van der Waals surface area contributed by atoms with Gasteiger partial charge in [0.25, 0.3) is 5.91 Å². The quantitative estimate of drug-likeness (QED) is 0.781. The maximum Gasteiger partial charge on any atom is 0.338 e. The highest BCUT2D eigenvalue weighted by Crippen LogP contribution is 2.20. The number of hydrogen-bond donors (Lipinski definition) is 1. The van der Waals surface area contributed by atoms with Crippen LogP contribution >= 0.6 is 0 Å². The molecule has 6 heteroatoms. The van der Waals surface area contributed by atoms with E-state index in [2.05, 4.69) is 5.32 Å². The molecule has 0 unspecified atom stereocenters. The number of benzene rings is 2. The van der Waals surface area contributed by atoms with Crippen LogP contribution in [-0.2, 0) is 9.53 Å². The van der Waals surface area contributed by atoms with Gasteiger partial charge in [0.1, 0.15) is 11.5 Å². The molecule has 0 aliphatic heterocycles. The van der Waals surface area contributed by atoms with Crippen molar-refractivity contribution in [3.05, 3.63) is 54.1 Å². The average Bonchev–Trinajstić information content (AvgIpc) is 2.62. The molecule has 1 atom stereocenters. The molecule has 0 aliphatic carbocycles. The number of carbonyl (C=O) groups excluding carboxylic acids is 2. The number of esters is 1. The Morgan fingerprint density at radius 1 is 1.08 bits per heavy atom. The number of nitrogens with one attached hydrogen (secondary N) is 1. The van der Waals surface area contributed by atoms with Crippen LogP contribution in [0.1, 0.15) is 24.2 Å². The van der Waals surface area contributed by atoms with Crippen molar-refractivity contribution in [2.24, 2.45) is 0 Å². The summed E-state index contributed by atoms with van der Waals surface area (Å²) >= 11 is 0. The van der Waals surface area contributed by atoms with E-state index in [-0.39, 0.29) is 5.91 Å². The summed E-state index contributed by atoms with van der Waals surface area (Å²) in [5.41, 5.74) is 0.873. The van der Waals surface area contributed by atoms with Gasteiger partial charge in [-0.3, -0.25) is 4.79 Å². The van der Waals surface area contributed by atoms with Crippen molar-refractivity contribution in [1.82, 2.24) is 0 Å². The minimum Gasteiger partial charge on any atom is -0.497 e. The van der Waals surface area contributed by atoms with E-state index in [0.29, 0.717) is 29.4 Å². The van der Waals surface area contributed by atoms with Gasteiger partial charge in [-0.25, -0.2) is 4.79 Å². The van der Waals surface area contributed by atoms with Crippen LogP contribution < -0.4 is 14.8 Å². The van der Waals surface area contributed by atoms with Crippen molar-refractivity contribution in [1.29, 1.82) is 0 Å². The van der Waals surface area contributed by atoms with Crippen LogP contribution in [0.2, 0.25) is 0 Å². The summed E-state index contributed by atoms with van der Waals surface area (Å²) in [7, 11) is 1.56. The van der Waals surface area contributed by atoms with Crippen LogP contribution in [0.4, 0.5) is 5.69 Å². The zero-order valence-electron chi connectivity index (χ0n) is 14.4. The van der Waals surface area contributed by atoms with E-state index in [1.807, 2.05) is 0 Å². The largest absolute Gasteiger partial charge is 0.497 e. The fourth-order valence-corrected chi connectivity index (χ4v) is 2.11. The van der Waals surface area contributed by atoms with E-state index in [9.17, 15) is 9.59 Å². The standard InChI is InChI=1S/C19H21NO5/c1-4-24-19(22)14-7-5-8-15(11-14)20-18(21)13(2)25-17-10-6-9-16(12-17)23-3/h5-13H,4H2,1-3H3,(H,20,21)/t13-/m1/s1. The van der Waals surface area contributed by atoms with Crippen LogP contribution in [0.3, 0.4) is 0 Å². The van der Waals surface area contributed by atoms with Gasteiger partial charge in [-0.2, -0.15) is 0 Å². The fraction of sp³-hybridized carbons (Fsp3) is 0.263. The van der Waals surface area contributed by atoms with Gasteiger partial charge >= 0.3 is 5.97 Å². The molecule has 6 nitrogen and oxygen atoms in total. The maximum absolute atomic E-state index is 12.3. The van der Waals surface area contributed by atoms with Gasteiger partial charge in [-0.15, -0.1) is 0 Å². The number of hydrogen-bond acceptors (Lipinski definition) is 5. The Bertz CT molecular complexity index is 744. The SMILES string of the molecule is CCOC(=O)c1cccc(NC(=O)[C@@H](C)Oc2cccc(OC)c2)c1. The van der Waals surface area contributed by atoms with E-state index in [4.69, 9.17) is 14.2 Å². The van der Waals surface area contributed by atoms with Crippen molar-refractivity contribution >= 4 is 17.6 Å². The maximum atomic E-state index is 12.3. The molecule has 0 aromatic heterocycles. The highest BCUT2D eigenvalue weighted by atomic mass is 16.5. The van der Waals surface area contributed by atoms with Crippen LogP contribution in [0.25, 0.3) is 0 Å². The van der Waals surface area contributed by atoms with Gasteiger partial charge in [-0.05, 0) is 44.2 Å². The van der Waals surface area contributed by atoms with Crippen LogP contribution in [0.15, 0.2) is 48.5 Å². The molecule has 1 N–H and O–H groups in total. The van der Waals surface area contributed by atoms with Gasteiger partial charge < -0.3 is 19.5 Å². The average molecular weight is 343 g/mol. The number of ether oxygens (including phenoxy) is 3. The molecular formula is C19H21NO5. The number of amides is 1. The number of rotatable bonds is 7. The molecule has 1 amide bonds. The summed E-state index contributed by atoms with van der Waals surface area (Å²) < 4.78 is 15.7. The lowest BCUT2D eigenvalue weighted by Crippen LogP contribution is -2.30. The zero-order valence-corrected chi connectivity index (χ0v) is 14.4. The second-order valence-corrected chi connectivity index (χ2v) is 5.23. The molecule has 0 saturated heterocycles. The van der Waals surface area contributed by atoms with Gasteiger partial charge in [0.05, 0.1) is 19.3 Å². The van der Waals surface area contributed by atoms with Gasteiger partial charge in [0.15, 0.2) is 6.10 Å². The molecule has 0 radical (unpaired) electrons. The second-order valence-electron chi connectivity index (χ2n) is 5.23. The first kappa shape index (κ1) is 18.3. The molecular weight excluding hydrogens is 322 g/mol. The minimum absolute atomic E-state index is 0.292. The molecule has 0 saturated carbocycles. The highest BCUT2D eigenvalue weighted by molar-refractivity contribution is 5.96. The van der Waals surface area contributed by atoms with Crippen LogP contribution in [0, 0.1) is 0 Å². The van der Waals surface area contributed by atoms with Gasteiger partial charge in [-0.1, -0.05) is 12.1 Å². The molecule has 0 fully saturated rings. The lowest BCUT2D eigenvalue weighted by Gasteiger charge is -2.15. The smallest absolute Gasteiger partial charge is 0.338 e. The molecule has 132 valence electrons. The normalized spacial score (nSPS) is 11.3. The third kappa shape index (κ3) is 5.24. The summed E-state index contributed by atoms with van der Waals surface area (Å²) in [4.78, 5) is 24.0. The Labute approximate surface area is 146 Å². The first-order valence-corrected chi connectivity index (χ1v) is 7.92. The third-order valence-corrected chi connectivity index (χ3v) is 3.36. The minimum atomic E-state index is -0.724. The predicted molar refractivity (Wildman–Crippen MR) is 94.1 cm³/mol. The van der Waals surface area contributed by atoms with E-state index < -0.39 is 12.1 Å². The van der Waals surface area contributed by atoms with Gasteiger partial charge in [0.2, 0.25) is 0 Å². The summed E-state index contributed by atoms with van der Waals surface area (Å²) in [5, 5.41) is 2.72. The Kier molecular flexibility index (Phi) is 6.39. The van der Waals surface area contributed by atoms with Crippen molar-refractivity contribution in [3.63, 3.8) is 0 Å². The first-order chi connectivity index (χ1) is 12.0. The monoisotopic (exact) mass is 343 g/mol. The summed E-state index contributed by atoms with van der Waals surface area (Å²) in [6.07, 6.45) is -0.724. The predicted octanol–water partition coefficient (Wildman–Crippen LogP) is 3.28. The van der Waals surface area contributed by atoms with E-state index in [0.717, 1.165) is 0 Å². The number of carbonyl (C=O) groups is 2. The third-order valence-electron chi connectivity index (χ3n) is 3.36. The number of methoxy groups -OCH3 is 1. The van der Waals surface area contributed by atoms with E-state index in [1.54, 1.807) is 69.5 Å². The van der Waals surface area contributed by atoms with Crippen LogP contribution in [-0.4, -0.2) is 31.7 Å². The Hall–Kier alpha value is -3.02. The van der Waals surface area contributed by atoms with E-state index >= 15 is 0 Å². The molecule has 2 rings (SSSR count). The Balaban J connectivity index is 2.01. The topological polar surface area (TPSA) is 73.9 Å². The van der Waals surface area contributed by atoms with E-state index in [1.165, 1.54) is 0 Å². The van der Waals surface area contributed by atoms with Gasteiger partial charge in [0, 0.05) is 11.8 Å². The highest BCUT2D eigenvalue weighted by Gasteiger charge is 2.16. The molecule has 0 bridgehead atoms. The van der Waals surface area contributed by atoms with Crippen molar-refractivity contribution in [2.75, 3.05) is 19.0 Å². The van der Waals surface area contributed by atoms with Crippen LogP contribution in [0.5, 0.6) is 11.5 Å². The fourth-order valence-electron chi connectivity index (χ4n) is 2.11. The van der Waals surface area contributed by atoms with Crippen molar-refractivity contribution in [3.8, 4) is 11.5 Å². The number of anilines is 1. The molecule has 25 heavy (non-hydrogen) atoms. The first-order valence-electron chi connectivity index (χ1n) is 7.92. The summed E-state index contributed by atoms with van der Waals surface area (Å²) in [6, 6.07) is 13.6.